The summed E-state index contributed by atoms with van der Waals surface area (Å²) in [6.07, 6.45) is 5.05. The van der Waals surface area contributed by atoms with Crippen molar-refractivity contribution in [2.45, 2.75) is 11.7 Å². The van der Waals surface area contributed by atoms with Crippen molar-refractivity contribution in [3.63, 3.8) is 0 Å². The average molecular weight is 517 g/mol. The molecule has 0 atom stereocenters. The summed E-state index contributed by atoms with van der Waals surface area (Å²) in [7, 11) is 0. The highest BCUT2D eigenvalue weighted by Gasteiger charge is 2.17. The number of carbonyl (C=O) groups excluding carboxylic acids is 1. The number of anilines is 1. The second kappa shape index (κ2) is 9.23. The number of halogens is 1. The van der Waals surface area contributed by atoms with E-state index in [0.29, 0.717) is 17.5 Å². The van der Waals surface area contributed by atoms with Gasteiger partial charge < -0.3 is 9.73 Å². The fourth-order valence-corrected chi connectivity index (χ4v) is 3.99. The second-order valence-electron chi connectivity index (χ2n) is 6.05. The van der Waals surface area contributed by atoms with Crippen LogP contribution in [0, 0.1) is 3.57 Å². The molecular formula is C20H16IN5O2S. The van der Waals surface area contributed by atoms with Gasteiger partial charge in [0, 0.05) is 27.2 Å². The minimum absolute atomic E-state index is 0.102. The number of furan rings is 1. The Kier molecular flexibility index (Phi) is 6.25. The number of benzene rings is 1. The van der Waals surface area contributed by atoms with Gasteiger partial charge in [-0.2, -0.15) is 0 Å². The van der Waals surface area contributed by atoms with Crippen LogP contribution in [0.5, 0.6) is 0 Å². The summed E-state index contributed by atoms with van der Waals surface area (Å²) >= 11 is 3.55. The summed E-state index contributed by atoms with van der Waals surface area (Å²) in [4.78, 5) is 16.4. The lowest BCUT2D eigenvalue weighted by Gasteiger charge is -2.09. The van der Waals surface area contributed by atoms with Crippen molar-refractivity contribution in [2.24, 2.45) is 0 Å². The summed E-state index contributed by atoms with van der Waals surface area (Å²) in [6, 6.07) is 15.2. The standard InChI is InChI=1S/C20H16IN5O2S/c21-15-3-1-4-16(11-15)23-18(27)13-29-20-25-24-19(14-6-8-22-9-7-14)26(20)12-17-5-2-10-28-17/h1-11H,12-13H2,(H,23,27). The molecule has 3 aromatic heterocycles. The van der Waals surface area contributed by atoms with Crippen molar-refractivity contribution >= 4 is 45.9 Å². The first-order valence-corrected chi connectivity index (χ1v) is 10.8. The summed E-state index contributed by atoms with van der Waals surface area (Å²) in [5, 5.41) is 12.2. The van der Waals surface area contributed by atoms with Crippen LogP contribution in [0.2, 0.25) is 0 Å². The lowest BCUT2D eigenvalue weighted by atomic mass is 10.2. The zero-order valence-corrected chi connectivity index (χ0v) is 18.1. The molecule has 4 rings (SSSR count). The largest absolute Gasteiger partial charge is 0.467 e. The average Bonchev–Trinajstić information content (AvgIpc) is 3.38. The minimum atomic E-state index is -0.102. The number of pyridine rings is 1. The highest BCUT2D eigenvalue weighted by Crippen LogP contribution is 2.25. The molecule has 0 radical (unpaired) electrons. The summed E-state index contributed by atoms with van der Waals surface area (Å²) in [5.74, 6) is 1.60. The van der Waals surface area contributed by atoms with Gasteiger partial charge in [0.15, 0.2) is 11.0 Å². The van der Waals surface area contributed by atoms with Gasteiger partial charge in [0.1, 0.15) is 5.76 Å². The van der Waals surface area contributed by atoms with Crippen molar-refractivity contribution in [1.82, 2.24) is 19.7 Å². The quantitative estimate of drug-likeness (QED) is 0.291. The molecule has 0 fully saturated rings. The third-order valence-electron chi connectivity index (χ3n) is 3.99. The monoisotopic (exact) mass is 517 g/mol. The normalized spacial score (nSPS) is 10.8. The molecule has 1 N–H and O–H groups in total. The molecule has 1 amide bonds. The van der Waals surface area contributed by atoms with Crippen LogP contribution in [0.25, 0.3) is 11.4 Å². The topological polar surface area (TPSA) is 85.8 Å². The van der Waals surface area contributed by atoms with Gasteiger partial charge in [-0.3, -0.25) is 14.3 Å². The Hall–Kier alpha value is -2.66. The van der Waals surface area contributed by atoms with Crippen LogP contribution >= 0.6 is 34.4 Å². The van der Waals surface area contributed by atoms with Gasteiger partial charge in [-0.1, -0.05) is 17.8 Å². The van der Waals surface area contributed by atoms with E-state index >= 15 is 0 Å². The Bertz CT molecular complexity index is 1100. The molecule has 1 aromatic carbocycles. The molecule has 0 saturated heterocycles. The van der Waals surface area contributed by atoms with E-state index in [-0.39, 0.29) is 11.7 Å². The summed E-state index contributed by atoms with van der Waals surface area (Å²) in [6.45, 7) is 0.471. The first-order valence-electron chi connectivity index (χ1n) is 8.73. The maximum atomic E-state index is 12.4. The van der Waals surface area contributed by atoms with E-state index in [2.05, 4.69) is 43.1 Å². The van der Waals surface area contributed by atoms with Gasteiger partial charge in [-0.25, -0.2) is 0 Å². The molecule has 3 heterocycles. The van der Waals surface area contributed by atoms with E-state index < -0.39 is 0 Å². The summed E-state index contributed by atoms with van der Waals surface area (Å²) < 4.78 is 8.50. The third kappa shape index (κ3) is 5.04. The molecule has 0 unspecified atom stereocenters. The predicted molar refractivity (Wildman–Crippen MR) is 120 cm³/mol. The van der Waals surface area contributed by atoms with Gasteiger partial charge in [0.05, 0.1) is 18.6 Å². The number of amides is 1. The third-order valence-corrected chi connectivity index (χ3v) is 5.63. The number of hydrogen-bond donors (Lipinski definition) is 1. The van der Waals surface area contributed by atoms with E-state index in [0.717, 1.165) is 20.6 Å². The molecule has 0 spiro atoms. The molecule has 0 bridgehead atoms. The second-order valence-corrected chi connectivity index (χ2v) is 8.24. The fraction of sp³-hybridized carbons (Fsp3) is 0.100. The molecule has 29 heavy (non-hydrogen) atoms. The Balaban J connectivity index is 1.52. The smallest absolute Gasteiger partial charge is 0.234 e. The molecule has 0 aliphatic carbocycles. The molecule has 7 nitrogen and oxygen atoms in total. The number of thioether (sulfide) groups is 1. The molecule has 146 valence electrons. The van der Waals surface area contributed by atoms with Gasteiger partial charge in [-0.05, 0) is 65.1 Å². The van der Waals surface area contributed by atoms with E-state index in [9.17, 15) is 4.79 Å². The maximum Gasteiger partial charge on any atom is 0.234 e. The van der Waals surface area contributed by atoms with Crippen molar-refractivity contribution < 1.29 is 9.21 Å². The van der Waals surface area contributed by atoms with Crippen molar-refractivity contribution in [1.29, 1.82) is 0 Å². The highest BCUT2D eigenvalue weighted by atomic mass is 127. The fourth-order valence-electron chi connectivity index (χ4n) is 2.70. The van der Waals surface area contributed by atoms with E-state index in [1.807, 2.05) is 53.1 Å². The Morgan fingerprint density at radius 2 is 2.00 bits per heavy atom. The van der Waals surface area contributed by atoms with Crippen molar-refractivity contribution in [3.8, 4) is 11.4 Å². The number of nitrogens with zero attached hydrogens (tertiary/aromatic N) is 4. The van der Waals surface area contributed by atoms with Gasteiger partial charge in [-0.15, -0.1) is 10.2 Å². The van der Waals surface area contributed by atoms with Crippen LogP contribution in [-0.4, -0.2) is 31.4 Å². The van der Waals surface area contributed by atoms with Crippen LogP contribution in [0.15, 0.2) is 76.8 Å². The number of nitrogens with one attached hydrogen (secondary N) is 1. The van der Waals surface area contributed by atoms with Crippen LogP contribution < -0.4 is 5.32 Å². The molecule has 0 aliphatic heterocycles. The SMILES string of the molecule is O=C(CSc1nnc(-c2ccncc2)n1Cc1ccco1)Nc1cccc(I)c1. The van der Waals surface area contributed by atoms with E-state index in [1.165, 1.54) is 11.8 Å². The molecule has 4 aromatic rings. The van der Waals surface area contributed by atoms with E-state index in [4.69, 9.17) is 4.42 Å². The Morgan fingerprint density at radius 3 is 2.76 bits per heavy atom. The van der Waals surface area contributed by atoms with Crippen LogP contribution in [-0.2, 0) is 11.3 Å². The highest BCUT2D eigenvalue weighted by molar-refractivity contribution is 14.1. The lowest BCUT2D eigenvalue weighted by Crippen LogP contribution is -2.15. The number of aromatic nitrogens is 4. The Labute approximate surface area is 185 Å². The van der Waals surface area contributed by atoms with Crippen LogP contribution in [0.1, 0.15) is 5.76 Å². The Morgan fingerprint density at radius 1 is 1.14 bits per heavy atom. The van der Waals surface area contributed by atoms with Gasteiger partial charge in [0.25, 0.3) is 0 Å². The van der Waals surface area contributed by atoms with Crippen molar-refractivity contribution in [3.05, 3.63) is 76.5 Å². The predicted octanol–water partition coefficient (Wildman–Crippen LogP) is 4.32. The van der Waals surface area contributed by atoms with E-state index in [1.54, 1.807) is 18.7 Å². The molecule has 0 aliphatic rings. The zero-order chi connectivity index (χ0) is 20.1. The lowest BCUT2D eigenvalue weighted by molar-refractivity contribution is -0.113. The van der Waals surface area contributed by atoms with Gasteiger partial charge >= 0.3 is 0 Å². The number of hydrogen-bond acceptors (Lipinski definition) is 6. The van der Waals surface area contributed by atoms with Crippen molar-refractivity contribution in [2.75, 3.05) is 11.1 Å². The van der Waals surface area contributed by atoms with Gasteiger partial charge in [0.2, 0.25) is 5.91 Å². The zero-order valence-electron chi connectivity index (χ0n) is 15.2. The number of rotatable bonds is 7. The maximum absolute atomic E-state index is 12.4. The van der Waals surface area contributed by atoms with Crippen LogP contribution in [0.4, 0.5) is 5.69 Å². The first kappa shape index (κ1) is 19.6. The summed E-state index contributed by atoms with van der Waals surface area (Å²) in [5.41, 5.74) is 1.67. The van der Waals surface area contributed by atoms with Crippen LogP contribution in [0.3, 0.4) is 0 Å². The molecular weight excluding hydrogens is 501 g/mol. The molecule has 9 heteroatoms. The molecule has 0 saturated carbocycles. The number of carbonyl (C=O) groups is 1. The minimum Gasteiger partial charge on any atom is -0.467 e. The first-order chi connectivity index (χ1) is 14.2.